The molecule has 0 fully saturated rings. The highest BCUT2D eigenvalue weighted by atomic mass is 19.1. The molecule has 1 unspecified atom stereocenters. The minimum Gasteiger partial charge on any atom is -0.348 e. The van der Waals surface area contributed by atoms with Crippen molar-refractivity contribution >= 4 is 11.6 Å². The maximum Gasteiger partial charge on any atom is 0.270 e. The second kappa shape index (κ2) is 7.10. The van der Waals surface area contributed by atoms with Crippen LogP contribution in [-0.2, 0) is 5.41 Å². The fourth-order valence-electron chi connectivity index (χ4n) is 2.68. The molecule has 0 saturated heterocycles. The first-order valence-corrected chi connectivity index (χ1v) is 9.17. The Balaban J connectivity index is 2.18. The van der Waals surface area contributed by atoms with Crippen molar-refractivity contribution in [1.29, 1.82) is 0 Å². The van der Waals surface area contributed by atoms with Gasteiger partial charge in [0.15, 0.2) is 5.65 Å². The highest BCUT2D eigenvalue weighted by Crippen LogP contribution is 2.26. The largest absolute Gasteiger partial charge is 0.348 e. The van der Waals surface area contributed by atoms with Gasteiger partial charge in [0.05, 0.1) is 11.4 Å². The van der Waals surface area contributed by atoms with Crippen LogP contribution in [0.5, 0.6) is 0 Å². The van der Waals surface area contributed by atoms with Gasteiger partial charge in [-0.1, -0.05) is 27.7 Å². The number of nitrogens with zero attached hydrogens (tertiary/aromatic N) is 3. The van der Waals surface area contributed by atoms with Gasteiger partial charge in [-0.2, -0.15) is 5.10 Å². The van der Waals surface area contributed by atoms with Crippen molar-refractivity contribution in [3.63, 3.8) is 0 Å². The molecule has 5 nitrogen and oxygen atoms in total. The van der Waals surface area contributed by atoms with Crippen molar-refractivity contribution < 1.29 is 9.18 Å². The van der Waals surface area contributed by atoms with E-state index in [9.17, 15) is 9.18 Å². The molecule has 142 valence electrons. The molecule has 0 spiro atoms. The normalized spacial score (nSPS) is 13.0. The zero-order valence-corrected chi connectivity index (χ0v) is 16.4. The van der Waals surface area contributed by atoms with Crippen LogP contribution in [0, 0.1) is 5.82 Å². The van der Waals surface area contributed by atoms with Crippen molar-refractivity contribution in [3.8, 4) is 11.3 Å². The van der Waals surface area contributed by atoms with Gasteiger partial charge in [-0.3, -0.25) is 4.79 Å². The third-order valence-electron chi connectivity index (χ3n) is 4.56. The molecular weight excluding hydrogens is 343 g/mol. The quantitative estimate of drug-likeness (QED) is 0.744. The Bertz CT molecular complexity index is 970. The predicted molar refractivity (Wildman–Crippen MR) is 104 cm³/mol. The van der Waals surface area contributed by atoms with Gasteiger partial charge in [0.1, 0.15) is 11.5 Å². The number of nitrogens with one attached hydrogen (secondary N) is 1. The minimum atomic E-state index is -0.311. The van der Waals surface area contributed by atoms with E-state index in [0.29, 0.717) is 17.0 Å². The van der Waals surface area contributed by atoms with Crippen LogP contribution >= 0.6 is 0 Å². The van der Waals surface area contributed by atoms with Crippen LogP contribution in [-0.4, -0.2) is 26.5 Å². The van der Waals surface area contributed by atoms with Crippen molar-refractivity contribution in [2.75, 3.05) is 0 Å². The van der Waals surface area contributed by atoms with Gasteiger partial charge in [-0.15, -0.1) is 0 Å². The number of carbonyl (C=O) groups is 1. The topological polar surface area (TPSA) is 59.3 Å². The van der Waals surface area contributed by atoms with E-state index >= 15 is 0 Å². The second-order valence-corrected chi connectivity index (χ2v) is 7.87. The number of hydrogen-bond acceptors (Lipinski definition) is 3. The molecule has 1 amide bonds. The molecule has 0 radical (unpaired) electrons. The number of amides is 1. The van der Waals surface area contributed by atoms with Crippen LogP contribution in [0.25, 0.3) is 16.9 Å². The number of halogens is 1. The fourth-order valence-corrected chi connectivity index (χ4v) is 2.68. The van der Waals surface area contributed by atoms with Gasteiger partial charge in [0.25, 0.3) is 5.91 Å². The van der Waals surface area contributed by atoms with E-state index < -0.39 is 0 Å². The van der Waals surface area contributed by atoms with E-state index in [1.165, 1.54) is 12.1 Å². The molecule has 2 aromatic heterocycles. The van der Waals surface area contributed by atoms with Gasteiger partial charge in [0, 0.05) is 23.1 Å². The summed E-state index contributed by atoms with van der Waals surface area (Å²) >= 11 is 0. The Morgan fingerprint density at radius 1 is 1.22 bits per heavy atom. The van der Waals surface area contributed by atoms with Crippen LogP contribution in [0.4, 0.5) is 4.39 Å². The Kier molecular flexibility index (Phi) is 5.00. The van der Waals surface area contributed by atoms with Crippen molar-refractivity contribution in [2.24, 2.45) is 0 Å². The summed E-state index contributed by atoms with van der Waals surface area (Å²) in [5, 5.41) is 7.63. The van der Waals surface area contributed by atoms with Gasteiger partial charge in [-0.05, 0) is 43.7 Å². The fraction of sp³-hybridized carbons (Fsp3) is 0.381. The molecule has 0 aliphatic heterocycles. The average molecular weight is 368 g/mol. The van der Waals surface area contributed by atoms with Gasteiger partial charge >= 0.3 is 0 Å². The number of aromatic nitrogens is 3. The average Bonchev–Trinajstić information content (AvgIpc) is 3.06. The highest BCUT2D eigenvalue weighted by molar-refractivity contribution is 5.94. The number of rotatable bonds is 4. The molecule has 2 heterocycles. The summed E-state index contributed by atoms with van der Waals surface area (Å²) in [6.45, 7) is 10.2. The Morgan fingerprint density at radius 3 is 2.48 bits per heavy atom. The van der Waals surface area contributed by atoms with Gasteiger partial charge in [0.2, 0.25) is 0 Å². The lowest BCUT2D eigenvalue weighted by Crippen LogP contribution is -2.32. The number of carbonyl (C=O) groups excluding carboxylic acids is 1. The summed E-state index contributed by atoms with van der Waals surface area (Å²) in [5.74, 6) is -0.539. The number of fused-ring (bicyclic) bond motifs is 1. The maximum atomic E-state index is 13.4. The third-order valence-corrected chi connectivity index (χ3v) is 4.56. The van der Waals surface area contributed by atoms with Crippen molar-refractivity contribution in [3.05, 3.63) is 53.6 Å². The third kappa shape index (κ3) is 3.99. The summed E-state index contributed by atoms with van der Waals surface area (Å²) in [6, 6.07) is 9.81. The zero-order chi connectivity index (χ0) is 19.8. The smallest absolute Gasteiger partial charge is 0.270 e. The first-order chi connectivity index (χ1) is 12.7. The summed E-state index contributed by atoms with van der Waals surface area (Å²) in [7, 11) is 0. The zero-order valence-electron chi connectivity index (χ0n) is 16.4. The molecule has 0 bridgehead atoms. The van der Waals surface area contributed by atoms with E-state index in [2.05, 4.69) is 36.2 Å². The first kappa shape index (κ1) is 19.0. The SMILES string of the molecule is CCC(C)NC(=O)c1cc(-c2ccc(F)cc2)n2nc(C(C)(C)C)cc2n1. The van der Waals surface area contributed by atoms with E-state index in [0.717, 1.165) is 17.7 Å². The summed E-state index contributed by atoms with van der Waals surface area (Å²) < 4.78 is 15.1. The van der Waals surface area contributed by atoms with E-state index in [-0.39, 0.29) is 23.2 Å². The summed E-state index contributed by atoms with van der Waals surface area (Å²) in [6.07, 6.45) is 0.833. The minimum absolute atomic E-state index is 0.0554. The van der Waals surface area contributed by atoms with Crippen molar-refractivity contribution in [1.82, 2.24) is 19.9 Å². The lowest BCUT2D eigenvalue weighted by Gasteiger charge is -2.14. The molecular formula is C21H25FN4O. The van der Waals surface area contributed by atoms with E-state index in [1.807, 2.05) is 19.9 Å². The molecule has 0 aliphatic carbocycles. The number of benzene rings is 1. The van der Waals surface area contributed by atoms with E-state index in [4.69, 9.17) is 0 Å². The van der Waals surface area contributed by atoms with Crippen LogP contribution < -0.4 is 5.32 Å². The van der Waals surface area contributed by atoms with Crippen LogP contribution in [0.3, 0.4) is 0 Å². The summed E-state index contributed by atoms with van der Waals surface area (Å²) in [5.41, 5.74) is 3.10. The Hall–Kier alpha value is -2.76. The summed E-state index contributed by atoms with van der Waals surface area (Å²) in [4.78, 5) is 17.2. The maximum absolute atomic E-state index is 13.4. The lowest BCUT2D eigenvalue weighted by molar-refractivity contribution is 0.0934. The molecule has 0 saturated carbocycles. The van der Waals surface area contributed by atoms with Gasteiger partial charge in [-0.25, -0.2) is 13.9 Å². The molecule has 27 heavy (non-hydrogen) atoms. The number of hydrogen-bond donors (Lipinski definition) is 1. The van der Waals surface area contributed by atoms with Crippen molar-refractivity contribution in [2.45, 2.75) is 52.5 Å². The Morgan fingerprint density at radius 2 is 1.89 bits per heavy atom. The molecule has 1 N–H and O–H groups in total. The van der Waals surface area contributed by atoms with Crippen LogP contribution in [0.1, 0.15) is 57.2 Å². The second-order valence-electron chi connectivity index (χ2n) is 7.87. The monoisotopic (exact) mass is 368 g/mol. The first-order valence-electron chi connectivity index (χ1n) is 9.17. The molecule has 1 atom stereocenters. The standard InChI is InChI=1S/C21H25FN4O/c1-6-13(2)23-20(27)16-11-17(14-7-9-15(22)10-8-14)26-19(24-16)12-18(25-26)21(3,4)5/h7-13H,6H2,1-5H3,(H,23,27). The van der Waals surface area contributed by atoms with Crippen LogP contribution in [0.2, 0.25) is 0 Å². The van der Waals surface area contributed by atoms with E-state index in [1.54, 1.807) is 22.7 Å². The lowest BCUT2D eigenvalue weighted by atomic mass is 9.93. The molecule has 1 aromatic carbocycles. The predicted octanol–water partition coefficient (Wildman–Crippen LogP) is 4.36. The van der Waals surface area contributed by atoms with Crippen LogP contribution in [0.15, 0.2) is 36.4 Å². The molecule has 0 aliphatic rings. The Labute approximate surface area is 158 Å². The molecule has 3 aromatic rings. The highest BCUT2D eigenvalue weighted by Gasteiger charge is 2.21. The van der Waals surface area contributed by atoms with Gasteiger partial charge < -0.3 is 5.32 Å². The molecule has 3 rings (SSSR count). The molecule has 6 heteroatoms.